The average Bonchev–Trinajstić information content (AvgIpc) is 3.08. The molecule has 104 valence electrons. The van der Waals surface area contributed by atoms with Crippen LogP contribution in [0.1, 0.15) is 19.3 Å². The summed E-state index contributed by atoms with van der Waals surface area (Å²) in [6.45, 7) is 0. The average molecular weight is 295 g/mol. The number of amides is 3. The lowest BCUT2D eigenvalue weighted by Gasteiger charge is -2.25. The Kier molecular flexibility index (Phi) is 2.40. The van der Waals surface area contributed by atoms with Gasteiger partial charge in [-0.25, -0.2) is 14.1 Å². The van der Waals surface area contributed by atoms with E-state index in [2.05, 4.69) is 0 Å². The van der Waals surface area contributed by atoms with Crippen LogP contribution < -0.4 is 4.90 Å². The number of halogens is 2. The molecule has 2 bridgehead atoms. The second-order valence-corrected chi connectivity index (χ2v) is 6.04. The molecule has 1 aliphatic carbocycles. The van der Waals surface area contributed by atoms with Crippen LogP contribution in [0.2, 0.25) is 5.02 Å². The molecule has 1 aromatic carbocycles. The summed E-state index contributed by atoms with van der Waals surface area (Å²) in [5, 5.41) is -0.0851. The molecule has 0 unspecified atom stereocenters. The fourth-order valence-corrected chi connectivity index (χ4v) is 3.96. The van der Waals surface area contributed by atoms with E-state index in [1.54, 1.807) is 4.90 Å². The van der Waals surface area contributed by atoms with Crippen molar-refractivity contribution in [2.75, 3.05) is 4.90 Å². The fourth-order valence-electron chi connectivity index (χ4n) is 3.78. The van der Waals surface area contributed by atoms with Gasteiger partial charge in [0.05, 0.1) is 10.7 Å². The summed E-state index contributed by atoms with van der Waals surface area (Å²) < 4.78 is 13.2. The van der Waals surface area contributed by atoms with Crippen LogP contribution in [-0.4, -0.2) is 28.9 Å². The molecule has 2 heterocycles. The van der Waals surface area contributed by atoms with Crippen molar-refractivity contribution in [1.82, 2.24) is 4.90 Å². The second-order valence-electron chi connectivity index (χ2n) is 5.63. The van der Waals surface area contributed by atoms with Crippen molar-refractivity contribution in [2.45, 2.75) is 31.3 Å². The molecule has 3 amide bonds. The highest BCUT2D eigenvalue weighted by molar-refractivity contribution is 6.31. The molecule has 0 radical (unpaired) electrons. The van der Waals surface area contributed by atoms with Crippen molar-refractivity contribution in [3.63, 3.8) is 0 Å². The van der Waals surface area contributed by atoms with E-state index in [0.29, 0.717) is 5.69 Å². The highest BCUT2D eigenvalue weighted by atomic mass is 35.5. The molecule has 2 saturated heterocycles. The highest BCUT2D eigenvalue weighted by Gasteiger charge is 2.59. The predicted octanol–water partition coefficient (Wildman–Crippen LogP) is 2.80. The Morgan fingerprint density at radius 3 is 2.75 bits per heavy atom. The lowest BCUT2D eigenvalue weighted by Crippen LogP contribution is -2.40. The van der Waals surface area contributed by atoms with E-state index in [9.17, 15) is 14.0 Å². The Morgan fingerprint density at radius 1 is 1.25 bits per heavy atom. The van der Waals surface area contributed by atoms with Crippen LogP contribution in [0.4, 0.5) is 14.9 Å². The lowest BCUT2D eigenvalue weighted by atomic mass is 9.99. The Hall–Kier alpha value is -1.62. The van der Waals surface area contributed by atoms with Gasteiger partial charge >= 0.3 is 6.03 Å². The lowest BCUT2D eigenvalue weighted by molar-refractivity contribution is -0.120. The van der Waals surface area contributed by atoms with Gasteiger partial charge in [0.25, 0.3) is 5.91 Å². The number of rotatable bonds is 1. The third kappa shape index (κ3) is 1.41. The molecule has 1 saturated carbocycles. The van der Waals surface area contributed by atoms with E-state index < -0.39 is 5.82 Å². The van der Waals surface area contributed by atoms with Crippen molar-refractivity contribution >= 4 is 29.2 Å². The molecule has 0 N–H and O–H groups in total. The number of piperidine rings is 1. The minimum Gasteiger partial charge on any atom is -0.309 e. The molecule has 3 aliphatic rings. The molecule has 6 heteroatoms. The number of carbonyl (C=O) groups is 2. The molecule has 2 aliphatic heterocycles. The first-order valence-corrected chi connectivity index (χ1v) is 7.07. The van der Waals surface area contributed by atoms with Gasteiger partial charge in [0, 0.05) is 6.04 Å². The first-order valence-electron chi connectivity index (χ1n) is 6.69. The molecule has 0 spiro atoms. The molecular formula is C14H12ClFN2O2. The zero-order chi connectivity index (χ0) is 14.0. The number of carbonyl (C=O) groups excluding carboxylic acids is 2. The Morgan fingerprint density at radius 2 is 2.05 bits per heavy atom. The van der Waals surface area contributed by atoms with Crippen LogP contribution in [0.3, 0.4) is 0 Å². The second kappa shape index (κ2) is 3.95. The van der Waals surface area contributed by atoms with E-state index in [0.717, 1.165) is 24.2 Å². The van der Waals surface area contributed by atoms with Gasteiger partial charge in [-0.2, -0.15) is 0 Å². The number of anilines is 1. The van der Waals surface area contributed by atoms with Crippen LogP contribution >= 0.6 is 11.6 Å². The highest BCUT2D eigenvalue weighted by Crippen LogP contribution is 2.47. The summed E-state index contributed by atoms with van der Waals surface area (Å²) in [6, 6.07) is 3.48. The molecule has 1 aromatic rings. The van der Waals surface area contributed by atoms with Gasteiger partial charge in [0.1, 0.15) is 11.9 Å². The predicted molar refractivity (Wildman–Crippen MR) is 71.0 cm³/mol. The van der Waals surface area contributed by atoms with Crippen molar-refractivity contribution in [1.29, 1.82) is 0 Å². The topological polar surface area (TPSA) is 40.6 Å². The minimum atomic E-state index is -0.560. The number of hydrogen-bond donors (Lipinski definition) is 0. The minimum absolute atomic E-state index is 0.0851. The van der Waals surface area contributed by atoms with Crippen molar-refractivity contribution in [2.24, 2.45) is 5.92 Å². The largest absolute Gasteiger partial charge is 0.332 e. The molecule has 0 aromatic heterocycles. The maximum absolute atomic E-state index is 13.2. The normalized spacial score (nSPS) is 31.4. The van der Waals surface area contributed by atoms with Crippen LogP contribution in [0.25, 0.3) is 0 Å². The Balaban J connectivity index is 1.74. The zero-order valence-electron chi connectivity index (χ0n) is 10.6. The quantitative estimate of drug-likeness (QED) is 0.747. The number of urea groups is 1. The first-order chi connectivity index (χ1) is 9.58. The summed E-state index contributed by atoms with van der Waals surface area (Å²) in [5.41, 5.74) is 0.347. The number of fused-ring (bicyclic) bond motifs is 5. The molecular weight excluding hydrogens is 283 g/mol. The third-order valence-electron chi connectivity index (χ3n) is 4.63. The number of benzene rings is 1. The van der Waals surface area contributed by atoms with Crippen LogP contribution in [0.15, 0.2) is 18.2 Å². The van der Waals surface area contributed by atoms with Gasteiger partial charge in [-0.3, -0.25) is 4.79 Å². The number of nitrogens with zero attached hydrogens (tertiary/aromatic N) is 2. The maximum Gasteiger partial charge on any atom is 0.332 e. The molecule has 20 heavy (non-hydrogen) atoms. The van der Waals surface area contributed by atoms with E-state index >= 15 is 0 Å². The van der Waals surface area contributed by atoms with Crippen LogP contribution in [0, 0.1) is 11.7 Å². The van der Waals surface area contributed by atoms with Crippen LogP contribution in [0.5, 0.6) is 0 Å². The van der Waals surface area contributed by atoms with Gasteiger partial charge in [-0.1, -0.05) is 11.6 Å². The summed E-state index contributed by atoms with van der Waals surface area (Å²) in [4.78, 5) is 27.8. The first kappa shape index (κ1) is 12.1. The third-order valence-corrected chi connectivity index (χ3v) is 4.92. The van der Waals surface area contributed by atoms with Gasteiger partial charge in [0.2, 0.25) is 0 Å². The Labute approximate surface area is 120 Å². The number of hydrogen-bond acceptors (Lipinski definition) is 2. The van der Waals surface area contributed by atoms with E-state index in [1.807, 2.05) is 0 Å². The molecule has 4 rings (SSSR count). The summed E-state index contributed by atoms with van der Waals surface area (Å²) in [5.74, 6) is -0.489. The fraction of sp³-hybridized carbons (Fsp3) is 0.429. The van der Waals surface area contributed by atoms with Crippen LogP contribution in [-0.2, 0) is 4.79 Å². The zero-order valence-corrected chi connectivity index (χ0v) is 11.3. The van der Waals surface area contributed by atoms with E-state index in [1.165, 1.54) is 18.2 Å². The van der Waals surface area contributed by atoms with Gasteiger partial charge in [0.15, 0.2) is 0 Å². The van der Waals surface area contributed by atoms with E-state index in [4.69, 9.17) is 11.6 Å². The number of imide groups is 1. The summed E-state index contributed by atoms with van der Waals surface area (Å²) in [6.07, 6.45) is 2.90. The van der Waals surface area contributed by atoms with Gasteiger partial charge in [-0.15, -0.1) is 0 Å². The summed E-state index contributed by atoms with van der Waals surface area (Å²) in [7, 11) is 0. The van der Waals surface area contributed by atoms with Gasteiger partial charge < -0.3 is 4.90 Å². The van der Waals surface area contributed by atoms with Gasteiger partial charge in [-0.05, 0) is 43.4 Å². The standard InChI is InChI=1S/C14H12ClFN2O2/c15-10-6-9(3-4-11(10)16)18-13(19)12-7-1-2-8(5-7)17(12)14(18)20/h3-4,6-8,12H,1-2,5H2/t7-,8+,12-/m0/s1. The maximum atomic E-state index is 13.2. The smallest absolute Gasteiger partial charge is 0.309 e. The summed E-state index contributed by atoms with van der Waals surface area (Å²) >= 11 is 5.74. The molecule has 3 fully saturated rings. The Bertz CT molecular complexity index is 608. The van der Waals surface area contributed by atoms with Crippen molar-refractivity contribution < 1.29 is 14.0 Å². The van der Waals surface area contributed by atoms with E-state index in [-0.39, 0.29) is 35.0 Å². The SMILES string of the molecule is O=C1[C@@H]2[C@H]3CC[C@H](C3)N2C(=O)N1c1ccc(F)c(Cl)c1. The van der Waals surface area contributed by atoms with Crippen molar-refractivity contribution in [3.05, 3.63) is 29.0 Å². The van der Waals surface area contributed by atoms with Crippen molar-refractivity contribution in [3.8, 4) is 0 Å². The molecule has 4 nitrogen and oxygen atoms in total. The molecule has 3 atom stereocenters. The monoisotopic (exact) mass is 294 g/mol.